The van der Waals surface area contributed by atoms with Crippen LogP contribution in [-0.2, 0) is 0 Å². The van der Waals surface area contributed by atoms with E-state index in [1.165, 1.54) is 0 Å². The predicted octanol–water partition coefficient (Wildman–Crippen LogP) is 3.53. The zero-order valence-corrected chi connectivity index (χ0v) is 7.75. The van der Waals surface area contributed by atoms with Crippen molar-refractivity contribution in [1.29, 1.82) is 0 Å². The molecular formula is C11H8ClN. The molecule has 1 nitrogen and oxygen atoms in total. The third-order valence-corrected chi connectivity index (χ3v) is 2.28. The number of hydrogen-bond donors (Lipinski definition) is 0. The van der Waals surface area contributed by atoms with Gasteiger partial charge in [-0.15, -0.1) is 0 Å². The second kappa shape index (κ2) is 3.19. The molecule has 0 aliphatic heterocycles. The molecule has 0 radical (unpaired) electrons. The molecule has 13 heavy (non-hydrogen) atoms. The third-order valence-electron chi connectivity index (χ3n) is 1.98. The van der Waals surface area contributed by atoms with Crippen LogP contribution >= 0.6 is 11.6 Å². The molecule has 0 atom stereocenters. The van der Waals surface area contributed by atoms with Crippen LogP contribution in [0.4, 0.5) is 0 Å². The number of rotatable bonds is 1. The summed E-state index contributed by atoms with van der Waals surface area (Å²) in [5.41, 5.74) is 1.06. The lowest BCUT2D eigenvalue weighted by atomic mass is 10.1. The van der Waals surface area contributed by atoms with E-state index in [1.807, 2.05) is 24.3 Å². The van der Waals surface area contributed by atoms with Gasteiger partial charge in [0.2, 0.25) is 0 Å². The summed E-state index contributed by atoms with van der Waals surface area (Å²) in [6, 6.07) is 7.94. The minimum absolute atomic E-state index is 0.543. The summed E-state index contributed by atoms with van der Waals surface area (Å²) in [5, 5.41) is 2.62. The molecule has 2 heteroatoms. The zero-order chi connectivity index (χ0) is 9.26. The van der Waals surface area contributed by atoms with Crippen molar-refractivity contribution in [3.63, 3.8) is 0 Å². The van der Waals surface area contributed by atoms with Gasteiger partial charge in [0, 0.05) is 11.6 Å². The van der Waals surface area contributed by atoms with Gasteiger partial charge in [-0.05, 0) is 23.1 Å². The molecule has 64 valence electrons. The van der Waals surface area contributed by atoms with Crippen LogP contribution in [0.3, 0.4) is 0 Å². The van der Waals surface area contributed by atoms with E-state index in [0.29, 0.717) is 5.15 Å². The Hall–Kier alpha value is -1.34. The van der Waals surface area contributed by atoms with Crippen molar-refractivity contribution in [2.75, 3.05) is 0 Å². The fourth-order valence-corrected chi connectivity index (χ4v) is 1.50. The molecule has 0 amide bonds. The van der Waals surface area contributed by atoms with Crippen LogP contribution in [0.5, 0.6) is 0 Å². The summed E-state index contributed by atoms with van der Waals surface area (Å²) in [7, 11) is 0. The monoisotopic (exact) mass is 189 g/mol. The van der Waals surface area contributed by atoms with Crippen LogP contribution in [0.2, 0.25) is 5.15 Å². The Labute approximate surface area is 81.7 Å². The van der Waals surface area contributed by atoms with Crippen LogP contribution < -0.4 is 0 Å². The fraction of sp³-hybridized carbons (Fsp3) is 0. The van der Waals surface area contributed by atoms with E-state index in [4.69, 9.17) is 11.6 Å². The average molecular weight is 190 g/mol. The maximum absolute atomic E-state index is 5.94. The van der Waals surface area contributed by atoms with E-state index in [9.17, 15) is 0 Å². The molecule has 0 N–H and O–H groups in total. The van der Waals surface area contributed by atoms with Gasteiger partial charge in [-0.2, -0.15) is 0 Å². The van der Waals surface area contributed by atoms with Crippen molar-refractivity contribution in [3.05, 3.63) is 47.8 Å². The number of aromatic nitrogens is 1. The van der Waals surface area contributed by atoms with Crippen molar-refractivity contribution < 1.29 is 0 Å². The normalized spacial score (nSPS) is 10.2. The first-order chi connectivity index (χ1) is 6.31. The summed E-state index contributed by atoms with van der Waals surface area (Å²) in [4.78, 5) is 4.01. The van der Waals surface area contributed by atoms with Gasteiger partial charge in [-0.3, -0.25) is 0 Å². The fourth-order valence-electron chi connectivity index (χ4n) is 1.28. The van der Waals surface area contributed by atoms with E-state index in [0.717, 1.165) is 16.3 Å². The molecular weight excluding hydrogens is 182 g/mol. The van der Waals surface area contributed by atoms with Gasteiger partial charge in [0.1, 0.15) is 5.15 Å². The molecule has 0 unspecified atom stereocenters. The standard InChI is InChI=1S/C11H8ClN/c1-2-8-3-4-9-5-6-13-11(12)10(9)7-8/h2-7H,1H2. The van der Waals surface area contributed by atoms with E-state index >= 15 is 0 Å². The number of benzene rings is 1. The largest absolute Gasteiger partial charge is 0.244 e. The van der Waals surface area contributed by atoms with Crippen molar-refractivity contribution in [2.45, 2.75) is 0 Å². The molecule has 0 fully saturated rings. The number of halogens is 1. The first-order valence-electron chi connectivity index (χ1n) is 3.98. The Balaban J connectivity index is 2.81. The molecule has 1 heterocycles. The molecule has 1 aromatic heterocycles. The molecule has 0 bridgehead atoms. The lowest BCUT2D eigenvalue weighted by Gasteiger charge is -2.00. The topological polar surface area (TPSA) is 12.9 Å². The van der Waals surface area contributed by atoms with Crippen molar-refractivity contribution in [2.24, 2.45) is 0 Å². The number of hydrogen-bond acceptors (Lipinski definition) is 1. The van der Waals surface area contributed by atoms with Crippen LogP contribution in [0, 0.1) is 0 Å². The highest BCUT2D eigenvalue weighted by molar-refractivity contribution is 6.34. The van der Waals surface area contributed by atoms with E-state index in [1.54, 1.807) is 12.3 Å². The van der Waals surface area contributed by atoms with Crippen molar-refractivity contribution in [3.8, 4) is 0 Å². The number of pyridine rings is 1. The van der Waals surface area contributed by atoms with Gasteiger partial charge in [-0.25, -0.2) is 4.98 Å². The van der Waals surface area contributed by atoms with Crippen molar-refractivity contribution in [1.82, 2.24) is 4.98 Å². The van der Waals surface area contributed by atoms with E-state index < -0.39 is 0 Å². The number of fused-ring (bicyclic) bond motifs is 1. The predicted molar refractivity (Wildman–Crippen MR) is 56.8 cm³/mol. The molecule has 0 aliphatic carbocycles. The molecule has 0 aliphatic rings. The Morgan fingerprint density at radius 3 is 2.92 bits per heavy atom. The Kier molecular flexibility index (Phi) is 2.03. The van der Waals surface area contributed by atoms with E-state index in [2.05, 4.69) is 11.6 Å². The molecule has 0 spiro atoms. The summed E-state index contributed by atoms with van der Waals surface area (Å²) in [5.74, 6) is 0. The Morgan fingerprint density at radius 2 is 2.15 bits per heavy atom. The summed E-state index contributed by atoms with van der Waals surface area (Å²) >= 11 is 5.94. The second-order valence-corrected chi connectivity index (χ2v) is 3.14. The van der Waals surface area contributed by atoms with Gasteiger partial charge in [0.25, 0.3) is 0 Å². The molecule has 0 saturated heterocycles. The minimum atomic E-state index is 0.543. The van der Waals surface area contributed by atoms with Crippen LogP contribution in [0.25, 0.3) is 16.8 Å². The van der Waals surface area contributed by atoms with Crippen LogP contribution in [-0.4, -0.2) is 4.98 Å². The van der Waals surface area contributed by atoms with Crippen LogP contribution in [0.1, 0.15) is 5.56 Å². The SMILES string of the molecule is C=Cc1ccc2ccnc(Cl)c2c1. The zero-order valence-electron chi connectivity index (χ0n) is 7.00. The molecule has 1 aromatic carbocycles. The van der Waals surface area contributed by atoms with Crippen LogP contribution in [0.15, 0.2) is 37.0 Å². The molecule has 2 aromatic rings. The highest BCUT2D eigenvalue weighted by Crippen LogP contribution is 2.22. The van der Waals surface area contributed by atoms with Crippen molar-refractivity contribution >= 4 is 28.4 Å². The minimum Gasteiger partial charge on any atom is -0.244 e. The smallest absolute Gasteiger partial charge is 0.136 e. The lowest BCUT2D eigenvalue weighted by Crippen LogP contribution is -1.79. The summed E-state index contributed by atoms with van der Waals surface area (Å²) < 4.78 is 0. The lowest BCUT2D eigenvalue weighted by molar-refractivity contribution is 1.36. The molecule has 0 saturated carbocycles. The molecule has 2 rings (SSSR count). The Bertz CT molecular complexity index is 463. The first kappa shape index (κ1) is 8.27. The Morgan fingerprint density at radius 1 is 1.31 bits per heavy atom. The van der Waals surface area contributed by atoms with Gasteiger partial charge >= 0.3 is 0 Å². The third kappa shape index (κ3) is 1.43. The second-order valence-electron chi connectivity index (χ2n) is 2.79. The highest BCUT2D eigenvalue weighted by Gasteiger charge is 1.98. The summed E-state index contributed by atoms with van der Waals surface area (Å²) in [6.07, 6.45) is 3.50. The average Bonchev–Trinajstić information content (AvgIpc) is 2.18. The van der Waals surface area contributed by atoms with Gasteiger partial charge in [0.05, 0.1) is 0 Å². The number of nitrogens with zero attached hydrogens (tertiary/aromatic N) is 1. The maximum Gasteiger partial charge on any atom is 0.136 e. The van der Waals surface area contributed by atoms with E-state index in [-0.39, 0.29) is 0 Å². The van der Waals surface area contributed by atoms with Gasteiger partial charge in [0.15, 0.2) is 0 Å². The summed E-state index contributed by atoms with van der Waals surface area (Å²) in [6.45, 7) is 3.70. The highest BCUT2D eigenvalue weighted by atomic mass is 35.5. The maximum atomic E-state index is 5.94. The first-order valence-corrected chi connectivity index (χ1v) is 4.36. The quantitative estimate of drug-likeness (QED) is 0.626. The van der Waals surface area contributed by atoms with Gasteiger partial charge < -0.3 is 0 Å². The van der Waals surface area contributed by atoms with Gasteiger partial charge in [-0.1, -0.05) is 36.4 Å².